The number of benzene rings is 1. The molecule has 0 bridgehead atoms. The van der Waals surface area contributed by atoms with E-state index in [0.717, 1.165) is 0 Å². The molecule has 0 amide bonds. The topological polar surface area (TPSA) is 26.0 Å². The van der Waals surface area contributed by atoms with Crippen molar-refractivity contribution in [2.45, 2.75) is 52.0 Å². The van der Waals surface area contributed by atoms with E-state index in [1.165, 1.54) is 37.7 Å². The van der Waals surface area contributed by atoms with Crippen molar-refractivity contribution >= 4 is 0 Å². The van der Waals surface area contributed by atoms with Crippen LogP contribution in [0.5, 0.6) is 0 Å². The summed E-state index contributed by atoms with van der Waals surface area (Å²) in [7, 11) is 0. The first-order chi connectivity index (χ1) is 8.22. The quantitative estimate of drug-likeness (QED) is 0.842. The number of rotatable bonds is 4. The van der Waals surface area contributed by atoms with Gasteiger partial charge in [0.2, 0.25) is 0 Å². The zero-order chi connectivity index (χ0) is 12.3. The smallest absolute Gasteiger partial charge is 0.00962 e. The molecule has 3 atom stereocenters. The fraction of sp³-hybridized carbons (Fsp3) is 0.625. The van der Waals surface area contributed by atoms with Crippen molar-refractivity contribution in [3.63, 3.8) is 0 Å². The van der Waals surface area contributed by atoms with Gasteiger partial charge in [0, 0.05) is 6.04 Å². The van der Waals surface area contributed by atoms with Crippen LogP contribution in [0.15, 0.2) is 24.3 Å². The van der Waals surface area contributed by atoms with Crippen LogP contribution in [0.25, 0.3) is 0 Å². The number of fused-ring (bicyclic) bond motifs is 1. The van der Waals surface area contributed by atoms with Gasteiger partial charge < -0.3 is 5.73 Å². The first kappa shape index (κ1) is 12.6. The maximum Gasteiger partial charge on any atom is 0.00962 e. The maximum absolute atomic E-state index is 6.44. The Morgan fingerprint density at radius 1 is 1.29 bits per heavy atom. The highest BCUT2D eigenvalue weighted by atomic mass is 14.7. The molecule has 2 rings (SSSR count). The third-order valence-electron chi connectivity index (χ3n) is 4.33. The number of hydrogen-bond acceptors (Lipinski definition) is 1. The van der Waals surface area contributed by atoms with Gasteiger partial charge in [-0.3, -0.25) is 0 Å². The molecule has 3 unspecified atom stereocenters. The van der Waals surface area contributed by atoms with Gasteiger partial charge in [-0.1, -0.05) is 44.5 Å². The molecule has 0 heterocycles. The Morgan fingerprint density at radius 2 is 2.00 bits per heavy atom. The third kappa shape index (κ3) is 2.90. The lowest BCUT2D eigenvalue weighted by molar-refractivity contribution is 0.285. The van der Waals surface area contributed by atoms with Crippen molar-refractivity contribution in [3.8, 4) is 0 Å². The summed E-state index contributed by atoms with van der Waals surface area (Å²) >= 11 is 0. The Balaban J connectivity index is 2.02. The van der Waals surface area contributed by atoms with Gasteiger partial charge >= 0.3 is 0 Å². The molecule has 2 N–H and O–H groups in total. The van der Waals surface area contributed by atoms with Crippen molar-refractivity contribution in [2.24, 2.45) is 17.6 Å². The molecule has 17 heavy (non-hydrogen) atoms. The van der Waals surface area contributed by atoms with Crippen LogP contribution in [-0.4, -0.2) is 6.04 Å². The summed E-state index contributed by atoms with van der Waals surface area (Å²) in [6, 6.07) is 9.23. The molecule has 1 aliphatic carbocycles. The first-order valence-electron chi connectivity index (χ1n) is 7.04. The molecule has 0 radical (unpaired) electrons. The van der Waals surface area contributed by atoms with E-state index in [0.29, 0.717) is 17.9 Å². The summed E-state index contributed by atoms with van der Waals surface area (Å²) in [5, 5.41) is 0. The molecule has 1 heteroatoms. The molecule has 94 valence electrons. The van der Waals surface area contributed by atoms with Crippen LogP contribution in [0.2, 0.25) is 0 Å². The molecule has 0 aromatic heterocycles. The SMILES string of the molecule is CCCC(C)C(N)C1CCc2ccccc2C1. The number of aryl methyl sites for hydroxylation is 1. The highest BCUT2D eigenvalue weighted by Gasteiger charge is 2.26. The van der Waals surface area contributed by atoms with Gasteiger partial charge in [0.05, 0.1) is 0 Å². The van der Waals surface area contributed by atoms with Gasteiger partial charge in [-0.05, 0) is 48.6 Å². The Labute approximate surface area is 105 Å². The van der Waals surface area contributed by atoms with Gasteiger partial charge in [0.15, 0.2) is 0 Å². The van der Waals surface area contributed by atoms with E-state index in [1.54, 1.807) is 5.56 Å². The Bertz CT molecular complexity index is 358. The Morgan fingerprint density at radius 3 is 2.71 bits per heavy atom. The summed E-state index contributed by atoms with van der Waals surface area (Å²) in [5.74, 6) is 1.35. The zero-order valence-corrected chi connectivity index (χ0v) is 11.2. The predicted octanol–water partition coefficient (Wildman–Crippen LogP) is 3.56. The average Bonchev–Trinajstić information content (AvgIpc) is 2.37. The summed E-state index contributed by atoms with van der Waals surface area (Å²) < 4.78 is 0. The van der Waals surface area contributed by atoms with Crippen LogP contribution in [0, 0.1) is 11.8 Å². The lowest BCUT2D eigenvalue weighted by Crippen LogP contribution is -2.39. The maximum atomic E-state index is 6.44. The van der Waals surface area contributed by atoms with E-state index in [2.05, 4.69) is 38.1 Å². The van der Waals surface area contributed by atoms with Crippen LogP contribution in [0.4, 0.5) is 0 Å². The van der Waals surface area contributed by atoms with E-state index in [9.17, 15) is 0 Å². The molecule has 0 saturated heterocycles. The van der Waals surface area contributed by atoms with E-state index >= 15 is 0 Å². The van der Waals surface area contributed by atoms with Crippen molar-refractivity contribution in [1.82, 2.24) is 0 Å². The van der Waals surface area contributed by atoms with Crippen molar-refractivity contribution in [3.05, 3.63) is 35.4 Å². The fourth-order valence-corrected chi connectivity index (χ4v) is 3.17. The molecule has 0 aliphatic heterocycles. The van der Waals surface area contributed by atoms with Crippen LogP contribution in [0.3, 0.4) is 0 Å². The van der Waals surface area contributed by atoms with E-state index in [4.69, 9.17) is 5.73 Å². The first-order valence-corrected chi connectivity index (χ1v) is 7.04. The van der Waals surface area contributed by atoms with Crippen molar-refractivity contribution in [1.29, 1.82) is 0 Å². The minimum atomic E-state index is 0.378. The molecule has 1 aromatic carbocycles. The lowest BCUT2D eigenvalue weighted by atomic mass is 9.76. The lowest BCUT2D eigenvalue weighted by Gasteiger charge is -2.32. The highest BCUT2D eigenvalue weighted by Crippen LogP contribution is 2.30. The molecule has 0 saturated carbocycles. The van der Waals surface area contributed by atoms with E-state index < -0.39 is 0 Å². The Kier molecular flexibility index (Phi) is 4.22. The third-order valence-corrected chi connectivity index (χ3v) is 4.33. The monoisotopic (exact) mass is 231 g/mol. The second-order valence-electron chi connectivity index (χ2n) is 5.61. The second-order valence-corrected chi connectivity index (χ2v) is 5.61. The Hall–Kier alpha value is -0.820. The van der Waals surface area contributed by atoms with Gasteiger partial charge in [0.1, 0.15) is 0 Å². The molecule has 1 nitrogen and oxygen atoms in total. The van der Waals surface area contributed by atoms with Crippen LogP contribution in [0.1, 0.15) is 44.2 Å². The predicted molar refractivity (Wildman–Crippen MR) is 74.0 cm³/mol. The van der Waals surface area contributed by atoms with E-state index in [-0.39, 0.29) is 0 Å². The van der Waals surface area contributed by atoms with Crippen LogP contribution in [-0.2, 0) is 12.8 Å². The largest absolute Gasteiger partial charge is 0.327 e. The minimum Gasteiger partial charge on any atom is -0.327 e. The number of nitrogens with two attached hydrogens (primary N) is 1. The molecular formula is C16H25N. The minimum absolute atomic E-state index is 0.378. The zero-order valence-electron chi connectivity index (χ0n) is 11.2. The molecular weight excluding hydrogens is 206 g/mol. The van der Waals surface area contributed by atoms with Crippen LogP contribution < -0.4 is 5.73 Å². The van der Waals surface area contributed by atoms with Crippen LogP contribution >= 0.6 is 0 Å². The molecule has 0 spiro atoms. The summed E-state index contributed by atoms with van der Waals surface area (Å²) in [6.07, 6.45) is 6.18. The molecule has 1 aromatic rings. The van der Waals surface area contributed by atoms with Gasteiger partial charge in [-0.25, -0.2) is 0 Å². The van der Waals surface area contributed by atoms with Gasteiger partial charge in [0.25, 0.3) is 0 Å². The summed E-state index contributed by atoms with van der Waals surface area (Å²) in [5.41, 5.74) is 9.51. The van der Waals surface area contributed by atoms with Gasteiger partial charge in [-0.15, -0.1) is 0 Å². The number of hydrogen-bond donors (Lipinski definition) is 1. The fourth-order valence-electron chi connectivity index (χ4n) is 3.17. The summed E-state index contributed by atoms with van der Waals surface area (Å²) in [4.78, 5) is 0. The summed E-state index contributed by atoms with van der Waals surface area (Å²) in [6.45, 7) is 4.56. The van der Waals surface area contributed by atoms with Crippen molar-refractivity contribution in [2.75, 3.05) is 0 Å². The van der Waals surface area contributed by atoms with Crippen molar-refractivity contribution < 1.29 is 0 Å². The highest BCUT2D eigenvalue weighted by molar-refractivity contribution is 5.30. The average molecular weight is 231 g/mol. The van der Waals surface area contributed by atoms with Gasteiger partial charge in [-0.2, -0.15) is 0 Å². The normalized spacial score (nSPS) is 22.9. The second kappa shape index (κ2) is 5.68. The standard InChI is InChI=1S/C16H25N/c1-3-6-12(2)16(17)15-10-9-13-7-4-5-8-14(13)11-15/h4-5,7-8,12,15-16H,3,6,9-11,17H2,1-2H3. The molecule has 1 aliphatic rings. The van der Waals surface area contributed by atoms with E-state index in [1.807, 2.05) is 0 Å². The molecule has 0 fully saturated rings.